The summed E-state index contributed by atoms with van der Waals surface area (Å²) < 4.78 is 16.0. The van der Waals surface area contributed by atoms with Crippen molar-refractivity contribution in [2.75, 3.05) is 14.2 Å². The summed E-state index contributed by atoms with van der Waals surface area (Å²) in [5.74, 6) is 2.36. The van der Waals surface area contributed by atoms with Crippen LogP contribution in [0.3, 0.4) is 0 Å². The summed E-state index contributed by atoms with van der Waals surface area (Å²) in [6.07, 6.45) is 3.12. The molecule has 0 saturated carbocycles. The number of aromatic nitrogens is 1. The number of rotatable bonds is 4. The molecule has 3 rings (SSSR count). The van der Waals surface area contributed by atoms with Crippen LogP contribution in [-0.2, 0) is 0 Å². The van der Waals surface area contributed by atoms with Crippen molar-refractivity contribution in [3.8, 4) is 33.9 Å². The fraction of sp³-hybridized carbons (Fsp3) is 0.118. The van der Waals surface area contributed by atoms with E-state index in [1.54, 1.807) is 20.4 Å². The van der Waals surface area contributed by atoms with Crippen LogP contribution in [0.4, 0.5) is 0 Å². The van der Waals surface area contributed by atoms with E-state index in [2.05, 4.69) is 4.98 Å². The first-order valence-electron chi connectivity index (χ1n) is 6.53. The Bertz CT molecular complexity index is 718. The molecule has 0 saturated heterocycles. The third kappa shape index (κ3) is 2.60. The van der Waals surface area contributed by atoms with E-state index < -0.39 is 0 Å². The van der Waals surface area contributed by atoms with Gasteiger partial charge in [-0.1, -0.05) is 12.1 Å². The fourth-order valence-corrected chi connectivity index (χ4v) is 2.22. The second kappa shape index (κ2) is 5.71. The van der Waals surface area contributed by atoms with Gasteiger partial charge in [0.2, 0.25) is 0 Å². The quantitative estimate of drug-likeness (QED) is 0.724. The summed E-state index contributed by atoms with van der Waals surface area (Å²) in [6.45, 7) is 0. The molecule has 0 aliphatic carbocycles. The molecular weight excluding hydrogens is 266 g/mol. The van der Waals surface area contributed by atoms with E-state index >= 15 is 0 Å². The first kappa shape index (κ1) is 13.2. The van der Waals surface area contributed by atoms with E-state index in [9.17, 15) is 0 Å². The van der Waals surface area contributed by atoms with Gasteiger partial charge in [0.25, 0.3) is 0 Å². The summed E-state index contributed by atoms with van der Waals surface area (Å²) in [7, 11) is 3.32. The highest BCUT2D eigenvalue weighted by Gasteiger charge is 2.10. The molecule has 0 aliphatic heterocycles. The standard InChI is InChI=1S/C17H15NO3/c1-19-14-6-3-12(4-7-14)15-9-13(5-8-16(15)20-2)17-10-18-11-21-17/h3-11H,1-2H3. The van der Waals surface area contributed by atoms with Crippen LogP contribution < -0.4 is 9.47 Å². The van der Waals surface area contributed by atoms with Crippen molar-refractivity contribution >= 4 is 0 Å². The number of oxazole rings is 1. The molecule has 0 bridgehead atoms. The molecule has 0 atom stereocenters. The van der Waals surface area contributed by atoms with Gasteiger partial charge in [0.15, 0.2) is 12.2 Å². The summed E-state index contributed by atoms with van der Waals surface area (Å²) in [4.78, 5) is 3.95. The summed E-state index contributed by atoms with van der Waals surface area (Å²) in [5.41, 5.74) is 3.00. The Morgan fingerprint density at radius 2 is 1.67 bits per heavy atom. The van der Waals surface area contributed by atoms with Crippen molar-refractivity contribution in [2.45, 2.75) is 0 Å². The molecule has 0 aliphatic rings. The molecule has 0 fully saturated rings. The maximum Gasteiger partial charge on any atom is 0.181 e. The van der Waals surface area contributed by atoms with Crippen molar-refractivity contribution in [2.24, 2.45) is 0 Å². The van der Waals surface area contributed by atoms with Gasteiger partial charge in [-0.3, -0.25) is 0 Å². The predicted molar refractivity (Wildman–Crippen MR) is 80.5 cm³/mol. The second-order valence-electron chi connectivity index (χ2n) is 4.51. The number of benzene rings is 2. The predicted octanol–water partition coefficient (Wildman–Crippen LogP) is 4.03. The molecular formula is C17H15NO3. The number of nitrogens with zero attached hydrogens (tertiary/aromatic N) is 1. The third-order valence-electron chi connectivity index (χ3n) is 3.32. The molecule has 0 spiro atoms. The van der Waals surface area contributed by atoms with Gasteiger partial charge in [-0.2, -0.15) is 0 Å². The Labute approximate surface area is 123 Å². The monoisotopic (exact) mass is 281 g/mol. The molecule has 2 aromatic carbocycles. The van der Waals surface area contributed by atoms with Gasteiger partial charge < -0.3 is 13.9 Å². The molecule has 0 radical (unpaired) electrons. The molecule has 0 amide bonds. The van der Waals surface area contributed by atoms with Crippen molar-refractivity contribution < 1.29 is 13.9 Å². The van der Waals surface area contributed by atoms with Crippen LogP contribution >= 0.6 is 0 Å². The first-order chi connectivity index (χ1) is 10.3. The molecule has 1 heterocycles. The molecule has 21 heavy (non-hydrogen) atoms. The number of hydrogen-bond acceptors (Lipinski definition) is 4. The molecule has 4 nitrogen and oxygen atoms in total. The van der Waals surface area contributed by atoms with Gasteiger partial charge >= 0.3 is 0 Å². The van der Waals surface area contributed by atoms with E-state index in [0.717, 1.165) is 33.9 Å². The van der Waals surface area contributed by atoms with Gasteiger partial charge in [0.05, 0.1) is 20.4 Å². The van der Waals surface area contributed by atoms with E-state index in [0.29, 0.717) is 0 Å². The van der Waals surface area contributed by atoms with Crippen molar-refractivity contribution in [3.05, 3.63) is 55.1 Å². The van der Waals surface area contributed by atoms with Gasteiger partial charge in [-0.05, 0) is 35.9 Å². The van der Waals surface area contributed by atoms with Crippen LogP contribution in [0.5, 0.6) is 11.5 Å². The zero-order valence-electron chi connectivity index (χ0n) is 11.9. The van der Waals surface area contributed by atoms with Crippen LogP contribution in [0.2, 0.25) is 0 Å². The minimum absolute atomic E-state index is 0.729. The minimum atomic E-state index is 0.729. The van der Waals surface area contributed by atoms with Gasteiger partial charge in [0, 0.05) is 11.1 Å². The lowest BCUT2D eigenvalue weighted by molar-refractivity contribution is 0.414. The Hall–Kier alpha value is -2.75. The van der Waals surface area contributed by atoms with Crippen LogP contribution in [0.25, 0.3) is 22.5 Å². The zero-order valence-corrected chi connectivity index (χ0v) is 11.9. The maximum absolute atomic E-state index is 5.45. The molecule has 4 heteroatoms. The second-order valence-corrected chi connectivity index (χ2v) is 4.51. The highest BCUT2D eigenvalue weighted by Crippen LogP contribution is 2.34. The van der Waals surface area contributed by atoms with Crippen LogP contribution in [-0.4, -0.2) is 19.2 Å². The minimum Gasteiger partial charge on any atom is -0.497 e. The lowest BCUT2D eigenvalue weighted by atomic mass is 10.0. The summed E-state index contributed by atoms with van der Waals surface area (Å²) in [6, 6.07) is 13.8. The molecule has 0 unspecified atom stereocenters. The summed E-state index contributed by atoms with van der Waals surface area (Å²) in [5, 5.41) is 0. The van der Waals surface area contributed by atoms with E-state index in [1.165, 1.54) is 6.39 Å². The highest BCUT2D eigenvalue weighted by molar-refractivity contribution is 5.76. The van der Waals surface area contributed by atoms with E-state index in [1.807, 2.05) is 42.5 Å². The lowest BCUT2D eigenvalue weighted by Crippen LogP contribution is -1.89. The molecule has 1 aromatic heterocycles. The SMILES string of the molecule is COc1ccc(-c2cc(-c3cnco3)ccc2OC)cc1. The van der Waals surface area contributed by atoms with Gasteiger partial charge in [0.1, 0.15) is 11.5 Å². The van der Waals surface area contributed by atoms with Crippen molar-refractivity contribution in [1.82, 2.24) is 4.98 Å². The van der Waals surface area contributed by atoms with Crippen molar-refractivity contribution in [1.29, 1.82) is 0 Å². The van der Waals surface area contributed by atoms with Gasteiger partial charge in [-0.15, -0.1) is 0 Å². The highest BCUT2D eigenvalue weighted by atomic mass is 16.5. The first-order valence-corrected chi connectivity index (χ1v) is 6.53. The number of methoxy groups -OCH3 is 2. The average Bonchev–Trinajstić information content (AvgIpc) is 3.09. The Balaban J connectivity index is 2.08. The Morgan fingerprint density at radius 3 is 2.29 bits per heavy atom. The normalized spacial score (nSPS) is 10.4. The zero-order chi connectivity index (χ0) is 14.7. The summed E-state index contributed by atoms with van der Waals surface area (Å²) >= 11 is 0. The maximum atomic E-state index is 5.45. The Kier molecular flexibility index (Phi) is 3.60. The van der Waals surface area contributed by atoms with Gasteiger partial charge in [-0.25, -0.2) is 4.98 Å². The fourth-order valence-electron chi connectivity index (χ4n) is 2.22. The van der Waals surface area contributed by atoms with Crippen LogP contribution in [0, 0.1) is 0 Å². The lowest BCUT2D eigenvalue weighted by Gasteiger charge is -2.11. The smallest absolute Gasteiger partial charge is 0.181 e. The van der Waals surface area contributed by atoms with Crippen LogP contribution in [0.1, 0.15) is 0 Å². The number of ether oxygens (including phenoxy) is 2. The third-order valence-corrected chi connectivity index (χ3v) is 3.32. The molecule has 3 aromatic rings. The Morgan fingerprint density at radius 1 is 0.905 bits per heavy atom. The number of hydrogen-bond donors (Lipinski definition) is 0. The largest absolute Gasteiger partial charge is 0.497 e. The van der Waals surface area contributed by atoms with E-state index in [-0.39, 0.29) is 0 Å². The average molecular weight is 281 g/mol. The van der Waals surface area contributed by atoms with E-state index in [4.69, 9.17) is 13.9 Å². The molecule has 106 valence electrons. The topological polar surface area (TPSA) is 44.5 Å². The van der Waals surface area contributed by atoms with Crippen LogP contribution in [0.15, 0.2) is 59.5 Å². The van der Waals surface area contributed by atoms with Crippen molar-refractivity contribution in [3.63, 3.8) is 0 Å². The molecule has 0 N–H and O–H groups in total.